The lowest BCUT2D eigenvalue weighted by molar-refractivity contribution is 0.425. The van der Waals surface area contributed by atoms with Gasteiger partial charge < -0.3 is 14.5 Å². The maximum atomic E-state index is 10.8. The number of rotatable bonds is 1. The van der Waals surface area contributed by atoms with Crippen molar-refractivity contribution in [2.24, 2.45) is 0 Å². The number of benzene rings is 1. The minimum Gasteiger partial charge on any atom is -0.423 e. The predicted octanol–water partition coefficient (Wildman–Crippen LogP) is -0.891. The SMILES string of the molecule is Cc1cc2[nH]c(=O)oc2cc1B(O)O. The zero-order valence-electron chi connectivity index (χ0n) is 7.44. The molecule has 14 heavy (non-hydrogen) atoms. The average molecular weight is 193 g/mol. The van der Waals surface area contributed by atoms with Gasteiger partial charge in [0.1, 0.15) is 0 Å². The van der Waals surface area contributed by atoms with Crippen LogP contribution in [-0.2, 0) is 0 Å². The van der Waals surface area contributed by atoms with Gasteiger partial charge in [0.05, 0.1) is 5.52 Å². The van der Waals surface area contributed by atoms with E-state index in [0.29, 0.717) is 22.1 Å². The number of hydrogen-bond donors (Lipinski definition) is 3. The second-order valence-corrected chi connectivity index (χ2v) is 3.09. The number of oxazole rings is 1. The van der Waals surface area contributed by atoms with E-state index in [1.165, 1.54) is 6.07 Å². The molecule has 6 heteroatoms. The molecule has 2 aromatic rings. The van der Waals surface area contributed by atoms with Gasteiger partial charge >= 0.3 is 12.9 Å². The molecular formula is C8H8BNO4. The van der Waals surface area contributed by atoms with E-state index in [1.807, 2.05) is 0 Å². The lowest BCUT2D eigenvalue weighted by Crippen LogP contribution is -2.31. The van der Waals surface area contributed by atoms with Crippen LogP contribution in [0.3, 0.4) is 0 Å². The first kappa shape index (κ1) is 9.05. The summed E-state index contributed by atoms with van der Waals surface area (Å²) >= 11 is 0. The van der Waals surface area contributed by atoms with Crippen molar-refractivity contribution in [3.05, 3.63) is 28.2 Å². The Morgan fingerprint density at radius 2 is 2.14 bits per heavy atom. The molecule has 2 rings (SSSR count). The van der Waals surface area contributed by atoms with E-state index in [4.69, 9.17) is 14.5 Å². The maximum absolute atomic E-state index is 10.8. The van der Waals surface area contributed by atoms with E-state index in [9.17, 15) is 4.79 Å². The zero-order chi connectivity index (χ0) is 10.3. The molecule has 0 radical (unpaired) electrons. The lowest BCUT2D eigenvalue weighted by atomic mass is 9.77. The van der Waals surface area contributed by atoms with Crippen molar-refractivity contribution in [2.75, 3.05) is 0 Å². The lowest BCUT2D eigenvalue weighted by Gasteiger charge is -2.02. The predicted molar refractivity (Wildman–Crippen MR) is 51.4 cm³/mol. The molecule has 72 valence electrons. The maximum Gasteiger partial charge on any atom is 0.488 e. The molecule has 1 aromatic carbocycles. The first-order valence-corrected chi connectivity index (χ1v) is 4.07. The molecule has 0 bridgehead atoms. The third-order valence-electron chi connectivity index (χ3n) is 2.09. The minimum absolute atomic E-state index is 0.323. The van der Waals surface area contributed by atoms with Gasteiger partial charge in [0.15, 0.2) is 5.58 Å². The van der Waals surface area contributed by atoms with Gasteiger partial charge in [0.25, 0.3) is 0 Å². The van der Waals surface area contributed by atoms with E-state index in [-0.39, 0.29) is 0 Å². The highest BCUT2D eigenvalue weighted by atomic mass is 16.4. The van der Waals surface area contributed by atoms with Crippen molar-refractivity contribution in [1.82, 2.24) is 4.98 Å². The van der Waals surface area contributed by atoms with E-state index in [2.05, 4.69) is 4.98 Å². The van der Waals surface area contributed by atoms with E-state index in [1.54, 1.807) is 13.0 Å². The summed E-state index contributed by atoms with van der Waals surface area (Å²) in [5, 5.41) is 18.0. The molecule has 1 heterocycles. The molecule has 0 aliphatic rings. The summed E-state index contributed by atoms with van der Waals surface area (Å²) in [7, 11) is -1.56. The van der Waals surface area contributed by atoms with Crippen molar-refractivity contribution >= 4 is 23.7 Å². The smallest absolute Gasteiger partial charge is 0.423 e. The number of aromatic amines is 1. The summed E-state index contributed by atoms with van der Waals surface area (Å²) in [5.41, 5.74) is 1.89. The van der Waals surface area contributed by atoms with Crippen molar-refractivity contribution in [3.8, 4) is 0 Å². The van der Waals surface area contributed by atoms with E-state index < -0.39 is 12.9 Å². The van der Waals surface area contributed by atoms with Gasteiger partial charge in [-0.2, -0.15) is 0 Å². The Labute approximate surface area is 79.1 Å². The Morgan fingerprint density at radius 3 is 2.79 bits per heavy atom. The minimum atomic E-state index is -1.56. The highest BCUT2D eigenvalue weighted by Gasteiger charge is 2.16. The van der Waals surface area contributed by atoms with Crippen molar-refractivity contribution in [1.29, 1.82) is 0 Å². The van der Waals surface area contributed by atoms with Crippen molar-refractivity contribution in [3.63, 3.8) is 0 Å². The molecule has 0 spiro atoms. The number of H-pyrrole nitrogens is 1. The highest BCUT2D eigenvalue weighted by molar-refractivity contribution is 6.59. The molecule has 0 aliphatic carbocycles. The second-order valence-electron chi connectivity index (χ2n) is 3.09. The van der Waals surface area contributed by atoms with Crippen LogP contribution in [0.5, 0.6) is 0 Å². The normalized spacial score (nSPS) is 10.8. The van der Waals surface area contributed by atoms with Crippen LogP contribution < -0.4 is 11.2 Å². The zero-order valence-corrected chi connectivity index (χ0v) is 7.44. The summed E-state index contributed by atoms with van der Waals surface area (Å²) in [6.07, 6.45) is 0. The third-order valence-corrected chi connectivity index (χ3v) is 2.09. The topological polar surface area (TPSA) is 86.5 Å². The van der Waals surface area contributed by atoms with E-state index in [0.717, 1.165) is 0 Å². The quantitative estimate of drug-likeness (QED) is 0.512. The van der Waals surface area contributed by atoms with Gasteiger partial charge in [-0.15, -0.1) is 0 Å². The molecular weight excluding hydrogens is 185 g/mol. The van der Waals surface area contributed by atoms with Gasteiger partial charge in [-0.1, -0.05) is 0 Å². The van der Waals surface area contributed by atoms with Gasteiger partial charge in [-0.05, 0) is 30.1 Å². The third kappa shape index (κ3) is 1.34. The molecule has 0 saturated heterocycles. The highest BCUT2D eigenvalue weighted by Crippen LogP contribution is 2.09. The molecule has 0 aliphatic heterocycles. The van der Waals surface area contributed by atoms with Crippen molar-refractivity contribution in [2.45, 2.75) is 6.92 Å². The van der Waals surface area contributed by atoms with Crippen LogP contribution in [-0.4, -0.2) is 22.2 Å². The molecule has 0 unspecified atom stereocenters. The Morgan fingerprint density at radius 1 is 1.43 bits per heavy atom. The fourth-order valence-corrected chi connectivity index (χ4v) is 1.40. The van der Waals surface area contributed by atoms with E-state index >= 15 is 0 Å². The van der Waals surface area contributed by atoms with Crippen LogP contribution >= 0.6 is 0 Å². The summed E-state index contributed by atoms with van der Waals surface area (Å²) in [6, 6.07) is 3.07. The first-order chi connectivity index (χ1) is 6.58. The van der Waals surface area contributed by atoms with Crippen LogP contribution in [0.4, 0.5) is 0 Å². The Bertz CT molecular complexity index is 528. The largest absolute Gasteiger partial charge is 0.488 e. The van der Waals surface area contributed by atoms with Gasteiger partial charge in [-0.3, -0.25) is 4.98 Å². The molecule has 5 nitrogen and oxygen atoms in total. The molecule has 0 atom stereocenters. The van der Waals surface area contributed by atoms with Crippen LogP contribution in [0.2, 0.25) is 0 Å². The van der Waals surface area contributed by atoms with Crippen LogP contribution in [0.1, 0.15) is 5.56 Å². The molecule has 0 saturated carbocycles. The number of fused-ring (bicyclic) bond motifs is 1. The number of aromatic nitrogens is 1. The number of aryl methyl sites for hydroxylation is 1. The fraction of sp³-hybridized carbons (Fsp3) is 0.125. The number of nitrogens with one attached hydrogen (secondary N) is 1. The first-order valence-electron chi connectivity index (χ1n) is 4.07. The Hall–Kier alpha value is -1.53. The Kier molecular flexibility index (Phi) is 1.94. The fourth-order valence-electron chi connectivity index (χ4n) is 1.40. The summed E-state index contributed by atoms with van der Waals surface area (Å²) < 4.78 is 4.78. The van der Waals surface area contributed by atoms with Crippen molar-refractivity contribution < 1.29 is 14.5 Å². The Balaban J connectivity index is 2.76. The molecule has 0 amide bonds. The molecule has 3 N–H and O–H groups in total. The van der Waals surface area contributed by atoms with Gasteiger partial charge in [0, 0.05) is 0 Å². The average Bonchev–Trinajstić information content (AvgIpc) is 2.42. The number of hydrogen-bond acceptors (Lipinski definition) is 4. The van der Waals surface area contributed by atoms with Crippen LogP contribution in [0.15, 0.2) is 21.3 Å². The van der Waals surface area contributed by atoms with Gasteiger partial charge in [0.2, 0.25) is 0 Å². The summed E-state index contributed by atoms with van der Waals surface area (Å²) in [6.45, 7) is 1.72. The summed E-state index contributed by atoms with van der Waals surface area (Å²) in [5.74, 6) is -0.552. The molecule has 0 fully saturated rings. The second kappa shape index (κ2) is 3.00. The molecule has 1 aromatic heterocycles. The van der Waals surface area contributed by atoms with Gasteiger partial charge in [-0.25, -0.2) is 4.79 Å². The van der Waals surface area contributed by atoms with Crippen LogP contribution in [0, 0.1) is 6.92 Å². The summed E-state index contributed by atoms with van der Waals surface area (Å²) in [4.78, 5) is 13.3. The monoisotopic (exact) mass is 193 g/mol. The standard InChI is InChI=1S/C8H8BNO4/c1-4-2-6-7(14-8(11)10-6)3-5(4)9(12)13/h2-3,12-13H,1H3,(H,10,11). The van der Waals surface area contributed by atoms with Crippen LogP contribution in [0.25, 0.3) is 11.1 Å².